The van der Waals surface area contributed by atoms with Gasteiger partial charge >= 0.3 is 0 Å². The van der Waals surface area contributed by atoms with Crippen molar-refractivity contribution in [1.82, 2.24) is 5.32 Å². The molecule has 0 bridgehead atoms. The van der Waals surface area contributed by atoms with Crippen molar-refractivity contribution in [2.75, 3.05) is 6.61 Å². The van der Waals surface area contributed by atoms with Crippen molar-refractivity contribution in [3.05, 3.63) is 29.3 Å². The van der Waals surface area contributed by atoms with E-state index in [-0.39, 0.29) is 18.3 Å². The molecule has 1 aromatic rings. The molecule has 0 saturated heterocycles. The molecular weight excluding hydrogens is 218 g/mol. The Morgan fingerprint density at radius 3 is 2.65 bits per heavy atom. The largest absolute Gasteiger partial charge is 0.508 e. The van der Waals surface area contributed by atoms with Crippen molar-refractivity contribution in [3.8, 4) is 5.75 Å². The van der Waals surface area contributed by atoms with Crippen molar-refractivity contribution >= 4 is 5.91 Å². The Kier molecular flexibility index (Phi) is 3.07. The zero-order valence-electron chi connectivity index (χ0n) is 9.86. The van der Waals surface area contributed by atoms with E-state index in [1.165, 1.54) is 6.07 Å². The lowest BCUT2D eigenvalue weighted by Gasteiger charge is -2.41. The third-order valence-electron chi connectivity index (χ3n) is 3.45. The van der Waals surface area contributed by atoms with E-state index in [0.29, 0.717) is 5.56 Å². The minimum atomic E-state index is -0.429. The molecule has 0 unspecified atom stereocenters. The normalized spacial score (nSPS) is 17.3. The van der Waals surface area contributed by atoms with Crippen LogP contribution in [0.25, 0.3) is 0 Å². The van der Waals surface area contributed by atoms with Gasteiger partial charge in [0.2, 0.25) is 0 Å². The lowest BCUT2D eigenvalue weighted by molar-refractivity contribution is 0.0641. The maximum Gasteiger partial charge on any atom is 0.252 e. The first kappa shape index (κ1) is 11.9. The second-order valence-corrected chi connectivity index (χ2v) is 4.75. The van der Waals surface area contributed by atoms with Gasteiger partial charge in [0, 0.05) is 5.56 Å². The molecule has 3 N–H and O–H groups in total. The van der Waals surface area contributed by atoms with Crippen molar-refractivity contribution < 1.29 is 15.0 Å². The van der Waals surface area contributed by atoms with Gasteiger partial charge in [-0.05, 0) is 49.9 Å². The average molecular weight is 235 g/mol. The monoisotopic (exact) mass is 235 g/mol. The fourth-order valence-electron chi connectivity index (χ4n) is 2.14. The summed E-state index contributed by atoms with van der Waals surface area (Å²) in [5.74, 6) is -0.0317. The fourth-order valence-corrected chi connectivity index (χ4v) is 2.14. The summed E-state index contributed by atoms with van der Waals surface area (Å²) in [6.07, 6.45) is 2.69. The van der Waals surface area contributed by atoms with Gasteiger partial charge in [-0.25, -0.2) is 0 Å². The molecule has 4 nitrogen and oxygen atoms in total. The van der Waals surface area contributed by atoms with Crippen LogP contribution in [0.5, 0.6) is 5.75 Å². The summed E-state index contributed by atoms with van der Waals surface area (Å²) < 4.78 is 0. The average Bonchev–Trinajstić information content (AvgIpc) is 2.23. The number of phenolic OH excluding ortho intramolecular Hbond substituents is 1. The minimum absolute atomic E-state index is 0.0180. The Morgan fingerprint density at radius 2 is 2.18 bits per heavy atom. The van der Waals surface area contributed by atoms with Crippen molar-refractivity contribution in [1.29, 1.82) is 0 Å². The maximum absolute atomic E-state index is 12.0. The molecule has 0 atom stereocenters. The van der Waals surface area contributed by atoms with Gasteiger partial charge in [-0.3, -0.25) is 4.79 Å². The highest BCUT2D eigenvalue weighted by Crippen LogP contribution is 2.31. The van der Waals surface area contributed by atoms with Gasteiger partial charge in [0.15, 0.2) is 0 Å². The van der Waals surface area contributed by atoms with E-state index in [9.17, 15) is 15.0 Å². The molecule has 1 aliphatic rings. The van der Waals surface area contributed by atoms with E-state index in [4.69, 9.17) is 0 Å². The molecule has 1 saturated carbocycles. The van der Waals surface area contributed by atoms with Gasteiger partial charge < -0.3 is 15.5 Å². The van der Waals surface area contributed by atoms with Gasteiger partial charge in [-0.1, -0.05) is 0 Å². The number of nitrogens with one attached hydrogen (secondary N) is 1. The molecule has 17 heavy (non-hydrogen) atoms. The Labute approximate surface area is 100 Å². The SMILES string of the molecule is Cc1cc(O)ccc1C(=O)NC1(CO)CCC1. The lowest BCUT2D eigenvalue weighted by atomic mass is 9.77. The number of hydrogen-bond acceptors (Lipinski definition) is 3. The summed E-state index contributed by atoms with van der Waals surface area (Å²) in [6.45, 7) is 1.76. The summed E-state index contributed by atoms with van der Waals surface area (Å²) in [5, 5.41) is 21.5. The van der Waals surface area contributed by atoms with Crippen LogP contribution in [0.4, 0.5) is 0 Å². The number of hydrogen-bond donors (Lipinski definition) is 3. The van der Waals surface area contributed by atoms with Crippen LogP contribution in [-0.4, -0.2) is 28.3 Å². The number of carbonyl (C=O) groups excluding carboxylic acids is 1. The fraction of sp³-hybridized carbons (Fsp3) is 0.462. The second kappa shape index (κ2) is 4.37. The number of amides is 1. The number of rotatable bonds is 3. The zero-order valence-corrected chi connectivity index (χ0v) is 9.86. The Bertz CT molecular complexity index is 433. The molecular formula is C13H17NO3. The maximum atomic E-state index is 12.0. The first-order chi connectivity index (χ1) is 8.06. The van der Waals surface area contributed by atoms with E-state index < -0.39 is 5.54 Å². The van der Waals surface area contributed by atoms with Crippen LogP contribution in [0.2, 0.25) is 0 Å². The minimum Gasteiger partial charge on any atom is -0.508 e. The molecule has 1 aromatic carbocycles. The van der Waals surface area contributed by atoms with Gasteiger partial charge in [0.25, 0.3) is 5.91 Å². The number of aliphatic hydroxyl groups excluding tert-OH is 1. The van der Waals surface area contributed by atoms with E-state index in [2.05, 4.69) is 5.32 Å². The molecule has 1 fully saturated rings. The third-order valence-corrected chi connectivity index (χ3v) is 3.45. The Balaban J connectivity index is 2.14. The molecule has 0 radical (unpaired) electrons. The highest BCUT2D eigenvalue weighted by Gasteiger charge is 2.37. The quantitative estimate of drug-likeness (QED) is 0.740. The van der Waals surface area contributed by atoms with Crippen LogP contribution in [0.1, 0.15) is 35.2 Å². The smallest absolute Gasteiger partial charge is 0.252 e. The predicted octanol–water partition coefficient (Wildman–Crippen LogP) is 1.35. The molecule has 1 aliphatic carbocycles. The Morgan fingerprint density at radius 1 is 1.47 bits per heavy atom. The standard InChI is InChI=1S/C13H17NO3/c1-9-7-10(16)3-4-11(9)12(17)14-13(8-15)5-2-6-13/h3-4,7,15-16H,2,5-6,8H2,1H3,(H,14,17). The summed E-state index contributed by atoms with van der Waals surface area (Å²) in [4.78, 5) is 12.0. The van der Waals surface area contributed by atoms with Crippen molar-refractivity contribution in [2.45, 2.75) is 31.7 Å². The zero-order chi connectivity index (χ0) is 12.5. The van der Waals surface area contributed by atoms with Gasteiger partial charge in [0.1, 0.15) is 5.75 Å². The third kappa shape index (κ3) is 2.26. The van der Waals surface area contributed by atoms with Gasteiger partial charge in [-0.15, -0.1) is 0 Å². The number of aromatic hydroxyl groups is 1. The van der Waals surface area contributed by atoms with Gasteiger partial charge in [0.05, 0.1) is 12.1 Å². The summed E-state index contributed by atoms with van der Waals surface area (Å²) >= 11 is 0. The van der Waals surface area contributed by atoms with Crippen molar-refractivity contribution in [2.24, 2.45) is 0 Å². The number of phenols is 1. The van der Waals surface area contributed by atoms with Crippen LogP contribution in [-0.2, 0) is 0 Å². The molecule has 1 amide bonds. The molecule has 92 valence electrons. The van der Waals surface area contributed by atoms with Crippen molar-refractivity contribution in [3.63, 3.8) is 0 Å². The van der Waals surface area contributed by atoms with E-state index in [0.717, 1.165) is 24.8 Å². The number of aryl methyl sites for hydroxylation is 1. The predicted molar refractivity (Wildman–Crippen MR) is 64.0 cm³/mol. The number of aliphatic hydroxyl groups is 1. The van der Waals surface area contributed by atoms with Crippen LogP contribution in [0, 0.1) is 6.92 Å². The van der Waals surface area contributed by atoms with Crippen LogP contribution < -0.4 is 5.32 Å². The first-order valence-electron chi connectivity index (χ1n) is 5.79. The summed E-state index contributed by atoms with van der Waals surface area (Å²) in [5.41, 5.74) is 0.846. The van der Waals surface area contributed by atoms with E-state index in [1.54, 1.807) is 19.1 Å². The van der Waals surface area contributed by atoms with Gasteiger partial charge in [-0.2, -0.15) is 0 Å². The summed E-state index contributed by atoms with van der Waals surface area (Å²) in [7, 11) is 0. The molecule has 0 spiro atoms. The highest BCUT2D eigenvalue weighted by molar-refractivity contribution is 5.96. The second-order valence-electron chi connectivity index (χ2n) is 4.75. The summed E-state index contributed by atoms with van der Waals surface area (Å²) in [6, 6.07) is 4.65. The Hall–Kier alpha value is -1.55. The van der Waals surface area contributed by atoms with E-state index >= 15 is 0 Å². The first-order valence-corrected chi connectivity index (χ1v) is 5.79. The van der Waals surface area contributed by atoms with Crippen LogP contribution in [0.3, 0.4) is 0 Å². The van der Waals surface area contributed by atoms with E-state index in [1.807, 2.05) is 0 Å². The topological polar surface area (TPSA) is 69.6 Å². The van der Waals surface area contributed by atoms with Crippen LogP contribution >= 0.6 is 0 Å². The molecule has 0 heterocycles. The number of benzene rings is 1. The number of carbonyl (C=O) groups is 1. The molecule has 0 aromatic heterocycles. The molecule has 4 heteroatoms. The molecule has 2 rings (SSSR count). The molecule has 0 aliphatic heterocycles. The highest BCUT2D eigenvalue weighted by atomic mass is 16.3. The lowest BCUT2D eigenvalue weighted by Crippen LogP contribution is -2.56. The van der Waals surface area contributed by atoms with Crippen LogP contribution in [0.15, 0.2) is 18.2 Å².